The molecule has 0 aliphatic carbocycles. The molecule has 1 aliphatic heterocycles. The molecule has 0 bridgehead atoms. The number of aromatic nitrogens is 2. The van der Waals surface area contributed by atoms with Crippen LogP contribution in [0.3, 0.4) is 0 Å². The van der Waals surface area contributed by atoms with Gasteiger partial charge in [-0.1, -0.05) is 23.9 Å². The lowest BCUT2D eigenvalue weighted by molar-refractivity contribution is 0.0956. The number of fused-ring (bicyclic) bond motifs is 1. The average Bonchev–Trinajstić information content (AvgIpc) is 3.43. The standard InChI is InChI=1S/C21H22N4O5S2/c1-25-9-7-23-21(25)31-10-8-22-20(26)16-3-2-4-17(12-16)32(27,28)24-13-15-5-6-18-19(11-15)30-14-29-18/h2-7,9,11-12,24H,8,10,13-14H2,1H3,(H,22,26). The SMILES string of the molecule is Cn1ccnc1SCCNC(=O)c1cccc(S(=O)(=O)NCc2ccc3c(c2)OCO3)c1. The largest absolute Gasteiger partial charge is 0.454 e. The Bertz CT molecular complexity index is 1230. The molecule has 0 saturated heterocycles. The summed E-state index contributed by atoms with van der Waals surface area (Å²) in [6, 6.07) is 11.2. The minimum absolute atomic E-state index is 0.0216. The first-order valence-corrected chi connectivity index (χ1v) is 12.3. The number of rotatable bonds is 9. The zero-order chi connectivity index (χ0) is 22.6. The number of sulfonamides is 1. The summed E-state index contributed by atoms with van der Waals surface area (Å²) < 4.78 is 40.5. The number of nitrogens with zero attached hydrogens (tertiary/aromatic N) is 2. The highest BCUT2D eigenvalue weighted by Crippen LogP contribution is 2.32. The van der Waals surface area contributed by atoms with E-state index in [0.29, 0.717) is 23.8 Å². The highest BCUT2D eigenvalue weighted by molar-refractivity contribution is 7.99. The van der Waals surface area contributed by atoms with Crippen LogP contribution < -0.4 is 19.5 Å². The molecule has 32 heavy (non-hydrogen) atoms. The summed E-state index contributed by atoms with van der Waals surface area (Å²) in [5, 5.41) is 3.67. The molecule has 0 spiro atoms. The Morgan fingerprint density at radius 3 is 2.84 bits per heavy atom. The number of nitrogens with one attached hydrogen (secondary N) is 2. The maximum atomic E-state index is 12.7. The second-order valence-corrected chi connectivity index (χ2v) is 9.79. The zero-order valence-corrected chi connectivity index (χ0v) is 18.9. The molecule has 0 atom stereocenters. The van der Waals surface area contributed by atoms with Gasteiger partial charge >= 0.3 is 0 Å². The van der Waals surface area contributed by atoms with Crippen molar-refractivity contribution in [2.75, 3.05) is 19.1 Å². The van der Waals surface area contributed by atoms with E-state index in [0.717, 1.165) is 10.7 Å². The molecule has 0 radical (unpaired) electrons. The van der Waals surface area contributed by atoms with Crippen LogP contribution in [0.4, 0.5) is 0 Å². The number of hydrogen-bond acceptors (Lipinski definition) is 7. The van der Waals surface area contributed by atoms with Crippen molar-refractivity contribution < 1.29 is 22.7 Å². The summed E-state index contributed by atoms with van der Waals surface area (Å²) in [6.07, 6.45) is 3.57. The highest BCUT2D eigenvalue weighted by Gasteiger charge is 2.18. The van der Waals surface area contributed by atoms with Crippen molar-refractivity contribution in [3.8, 4) is 11.5 Å². The predicted octanol–water partition coefficient (Wildman–Crippen LogP) is 2.15. The van der Waals surface area contributed by atoms with Crippen LogP contribution in [0.5, 0.6) is 11.5 Å². The van der Waals surface area contributed by atoms with Crippen molar-refractivity contribution in [3.63, 3.8) is 0 Å². The van der Waals surface area contributed by atoms with E-state index in [2.05, 4.69) is 15.0 Å². The molecule has 2 N–H and O–H groups in total. The summed E-state index contributed by atoms with van der Waals surface area (Å²) in [5.41, 5.74) is 1.01. The summed E-state index contributed by atoms with van der Waals surface area (Å²) in [4.78, 5) is 16.7. The molecule has 1 aliphatic rings. The van der Waals surface area contributed by atoms with E-state index in [1.165, 1.54) is 23.9 Å². The van der Waals surface area contributed by atoms with Crippen LogP contribution in [0.15, 0.2) is 64.9 Å². The Morgan fingerprint density at radius 1 is 1.19 bits per heavy atom. The molecule has 1 amide bonds. The topological polar surface area (TPSA) is 112 Å². The Labute approximate surface area is 190 Å². The second kappa shape index (κ2) is 9.63. The van der Waals surface area contributed by atoms with E-state index in [4.69, 9.17) is 9.47 Å². The van der Waals surface area contributed by atoms with Crippen molar-refractivity contribution in [3.05, 3.63) is 66.0 Å². The van der Waals surface area contributed by atoms with Gasteiger partial charge in [0.25, 0.3) is 5.91 Å². The fourth-order valence-electron chi connectivity index (χ4n) is 3.02. The molecular weight excluding hydrogens is 452 g/mol. The first kappa shape index (κ1) is 22.2. The number of benzene rings is 2. The third kappa shape index (κ3) is 5.23. The van der Waals surface area contributed by atoms with Crippen molar-refractivity contribution in [2.45, 2.75) is 16.6 Å². The summed E-state index contributed by atoms with van der Waals surface area (Å²) in [5.74, 6) is 1.53. The van der Waals surface area contributed by atoms with Crippen LogP contribution >= 0.6 is 11.8 Å². The number of thioether (sulfide) groups is 1. The monoisotopic (exact) mass is 474 g/mol. The Hall–Kier alpha value is -3.02. The third-order valence-electron chi connectivity index (χ3n) is 4.71. The van der Waals surface area contributed by atoms with E-state index in [1.54, 1.807) is 36.5 Å². The van der Waals surface area contributed by atoms with Crippen LogP contribution in [0, 0.1) is 0 Å². The molecule has 2 aromatic carbocycles. The molecule has 0 fully saturated rings. The van der Waals surface area contributed by atoms with Crippen LogP contribution in [0.25, 0.3) is 0 Å². The second-order valence-electron chi connectivity index (χ2n) is 6.97. The molecule has 4 rings (SSSR count). The molecule has 168 valence electrons. The van der Waals surface area contributed by atoms with E-state index >= 15 is 0 Å². The Balaban J connectivity index is 1.33. The number of amides is 1. The first-order chi connectivity index (χ1) is 15.4. The Kier molecular flexibility index (Phi) is 6.68. The van der Waals surface area contributed by atoms with Gasteiger partial charge in [-0.15, -0.1) is 0 Å². The van der Waals surface area contributed by atoms with Gasteiger partial charge in [0, 0.05) is 43.8 Å². The molecule has 0 unspecified atom stereocenters. The maximum Gasteiger partial charge on any atom is 0.251 e. The van der Waals surface area contributed by atoms with E-state index in [1.807, 2.05) is 17.8 Å². The highest BCUT2D eigenvalue weighted by atomic mass is 32.2. The lowest BCUT2D eigenvalue weighted by Crippen LogP contribution is -2.27. The Morgan fingerprint density at radius 2 is 2.03 bits per heavy atom. The summed E-state index contributed by atoms with van der Waals surface area (Å²) in [7, 11) is -1.90. The van der Waals surface area contributed by atoms with Gasteiger partial charge in [-0.2, -0.15) is 0 Å². The van der Waals surface area contributed by atoms with Gasteiger partial charge in [0.15, 0.2) is 16.7 Å². The van der Waals surface area contributed by atoms with Crippen LogP contribution in [-0.2, 0) is 23.6 Å². The van der Waals surface area contributed by atoms with Gasteiger partial charge in [0.05, 0.1) is 4.90 Å². The zero-order valence-electron chi connectivity index (χ0n) is 17.3. The van der Waals surface area contributed by atoms with E-state index in [9.17, 15) is 13.2 Å². The minimum atomic E-state index is -3.81. The lowest BCUT2D eigenvalue weighted by Gasteiger charge is -2.10. The van der Waals surface area contributed by atoms with Gasteiger partial charge in [0.1, 0.15) is 0 Å². The predicted molar refractivity (Wildman–Crippen MR) is 119 cm³/mol. The summed E-state index contributed by atoms with van der Waals surface area (Å²) >= 11 is 1.52. The van der Waals surface area contributed by atoms with Crippen LogP contribution in [-0.4, -0.2) is 43.0 Å². The molecule has 1 aromatic heterocycles. The number of aryl methyl sites for hydroxylation is 1. The molecule has 2 heterocycles. The number of carbonyl (C=O) groups excluding carboxylic acids is 1. The third-order valence-corrected chi connectivity index (χ3v) is 7.16. The first-order valence-electron chi connectivity index (χ1n) is 9.79. The minimum Gasteiger partial charge on any atom is -0.454 e. The summed E-state index contributed by atoms with van der Waals surface area (Å²) in [6.45, 7) is 0.663. The number of ether oxygens (including phenoxy) is 2. The van der Waals surface area contributed by atoms with Crippen molar-refractivity contribution >= 4 is 27.7 Å². The fraction of sp³-hybridized carbons (Fsp3) is 0.238. The number of imidazole rings is 1. The van der Waals surface area contributed by atoms with E-state index < -0.39 is 10.0 Å². The molecule has 9 nitrogen and oxygen atoms in total. The van der Waals surface area contributed by atoms with Crippen molar-refractivity contribution in [2.24, 2.45) is 7.05 Å². The van der Waals surface area contributed by atoms with Crippen LogP contribution in [0.1, 0.15) is 15.9 Å². The smallest absolute Gasteiger partial charge is 0.251 e. The van der Waals surface area contributed by atoms with Crippen LogP contribution in [0.2, 0.25) is 0 Å². The maximum absolute atomic E-state index is 12.7. The molecule has 0 saturated carbocycles. The van der Waals surface area contributed by atoms with Gasteiger partial charge < -0.3 is 19.4 Å². The average molecular weight is 475 g/mol. The number of hydrogen-bond donors (Lipinski definition) is 2. The van der Waals surface area contributed by atoms with Crippen molar-refractivity contribution in [1.82, 2.24) is 19.6 Å². The van der Waals surface area contributed by atoms with Gasteiger partial charge in [0.2, 0.25) is 16.8 Å². The molecular formula is C21H22N4O5S2. The normalized spacial score (nSPS) is 12.7. The fourth-order valence-corrected chi connectivity index (χ4v) is 4.87. The lowest BCUT2D eigenvalue weighted by atomic mass is 10.2. The quantitative estimate of drug-likeness (QED) is 0.361. The van der Waals surface area contributed by atoms with Crippen molar-refractivity contribution in [1.29, 1.82) is 0 Å². The molecule has 3 aromatic rings. The van der Waals surface area contributed by atoms with Gasteiger partial charge in [-0.3, -0.25) is 4.79 Å². The number of carbonyl (C=O) groups is 1. The molecule has 11 heteroatoms. The van der Waals surface area contributed by atoms with Gasteiger partial charge in [-0.25, -0.2) is 18.1 Å². The van der Waals surface area contributed by atoms with E-state index in [-0.39, 0.29) is 29.7 Å². The van der Waals surface area contributed by atoms with Gasteiger partial charge in [-0.05, 0) is 35.9 Å².